The minimum absolute atomic E-state index is 0.0566. The Balaban J connectivity index is 3.04. The Kier molecular flexibility index (Phi) is 3.21. The molecule has 0 aliphatic carbocycles. The normalized spacial score (nSPS) is 12.1. The highest BCUT2D eigenvalue weighted by molar-refractivity contribution is 7.89. The Morgan fingerprint density at radius 1 is 1.50 bits per heavy atom. The molecule has 0 spiro atoms. The molecule has 0 fully saturated rings. The molecule has 5 nitrogen and oxygen atoms in total. The molecule has 0 saturated heterocycles. The molecule has 1 aromatic heterocycles. The largest absolute Gasteiger partial charge is 0.440 e. The minimum atomic E-state index is -3.84. The second kappa shape index (κ2) is 4.12. The summed E-state index contributed by atoms with van der Waals surface area (Å²) in [5.41, 5.74) is -1.02. The quantitative estimate of drug-likeness (QED) is 0.624. The molecular formula is C10H11NO4S. The van der Waals surface area contributed by atoms with E-state index >= 15 is 0 Å². The van der Waals surface area contributed by atoms with Crippen LogP contribution in [0.5, 0.6) is 0 Å². The van der Waals surface area contributed by atoms with Gasteiger partial charge in [-0.1, -0.05) is 5.92 Å². The smallest absolute Gasteiger partial charge is 0.275 e. The number of aldehydes is 1. The number of furan rings is 1. The Morgan fingerprint density at radius 3 is 2.56 bits per heavy atom. The lowest BCUT2D eigenvalue weighted by molar-refractivity contribution is 0.109. The van der Waals surface area contributed by atoms with E-state index in [1.165, 1.54) is 26.0 Å². The van der Waals surface area contributed by atoms with Crippen LogP contribution in [0.15, 0.2) is 21.6 Å². The Hall–Kier alpha value is -1.58. The average Bonchev–Trinajstić information content (AvgIpc) is 2.65. The fourth-order valence-electron chi connectivity index (χ4n) is 0.958. The minimum Gasteiger partial charge on any atom is -0.440 e. The van der Waals surface area contributed by atoms with Gasteiger partial charge in [-0.05, 0) is 26.0 Å². The molecule has 86 valence electrons. The number of hydrogen-bond donors (Lipinski definition) is 1. The van der Waals surface area contributed by atoms with Crippen LogP contribution in [0.4, 0.5) is 0 Å². The van der Waals surface area contributed by atoms with Gasteiger partial charge in [-0.2, -0.15) is 4.72 Å². The lowest BCUT2D eigenvalue weighted by Gasteiger charge is -2.17. The summed E-state index contributed by atoms with van der Waals surface area (Å²) in [6, 6.07) is 2.46. The molecule has 0 saturated carbocycles. The first-order valence-corrected chi connectivity index (χ1v) is 5.86. The van der Waals surface area contributed by atoms with Crippen LogP contribution in [0.25, 0.3) is 0 Å². The molecule has 0 aromatic carbocycles. The van der Waals surface area contributed by atoms with Crippen LogP contribution in [-0.4, -0.2) is 20.2 Å². The Labute approximate surface area is 93.9 Å². The van der Waals surface area contributed by atoms with Crippen molar-refractivity contribution in [3.05, 3.63) is 17.9 Å². The Morgan fingerprint density at radius 2 is 2.12 bits per heavy atom. The van der Waals surface area contributed by atoms with Crippen LogP contribution in [0.1, 0.15) is 24.4 Å². The first-order valence-electron chi connectivity index (χ1n) is 4.37. The molecule has 0 aliphatic rings. The monoisotopic (exact) mass is 241 g/mol. The molecule has 1 N–H and O–H groups in total. The zero-order valence-corrected chi connectivity index (χ0v) is 9.67. The second-order valence-corrected chi connectivity index (χ2v) is 5.26. The van der Waals surface area contributed by atoms with Gasteiger partial charge in [0, 0.05) is 0 Å². The van der Waals surface area contributed by atoms with Gasteiger partial charge >= 0.3 is 0 Å². The Bertz CT molecular complexity index is 533. The number of nitrogens with one attached hydrogen (secondary N) is 1. The molecule has 1 aromatic rings. The summed E-state index contributed by atoms with van der Waals surface area (Å²) in [6.45, 7) is 3.07. The van der Waals surface area contributed by atoms with Crippen molar-refractivity contribution in [1.82, 2.24) is 4.72 Å². The van der Waals surface area contributed by atoms with Crippen molar-refractivity contribution in [2.75, 3.05) is 0 Å². The molecule has 6 heteroatoms. The van der Waals surface area contributed by atoms with Gasteiger partial charge in [0.05, 0.1) is 5.54 Å². The molecule has 0 amide bonds. The van der Waals surface area contributed by atoms with Gasteiger partial charge in [-0.15, -0.1) is 6.42 Å². The maximum atomic E-state index is 11.7. The van der Waals surface area contributed by atoms with E-state index in [9.17, 15) is 13.2 Å². The third-order valence-electron chi connectivity index (χ3n) is 1.73. The third kappa shape index (κ3) is 2.72. The first kappa shape index (κ1) is 12.5. The predicted molar refractivity (Wildman–Crippen MR) is 57.3 cm³/mol. The van der Waals surface area contributed by atoms with Crippen molar-refractivity contribution in [1.29, 1.82) is 0 Å². The highest BCUT2D eigenvalue weighted by atomic mass is 32.2. The maximum Gasteiger partial charge on any atom is 0.275 e. The molecule has 0 atom stereocenters. The van der Waals surface area contributed by atoms with Gasteiger partial charge in [0.15, 0.2) is 12.0 Å². The van der Waals surface area contributed by atoms with E-state index in [2.05, 4.69) is 10.6 Å². The van der Waals surface area contributed by atoms with Crippen LogP contribution in [0.2, 0.25) is 0 Å². The summed E-state index contributed by atoms with van der Waals surface area (Å²) in [4.78, 5) is 10.3. The summed E-state index contributed by atoms with van der Waals surface area (Å²) in [5.74, 6) is 2.23. The van der Waals surface area contributed by atoms with Gasteiger partial charge < -0.3 is 4.42 Å². The van der Waals surface area contributed by atoms with E-state index in [4.69, 9.17) is 10.8 Å². The molecule has 0 unspecified atom stereocenters. The van der Waals surface area contributed by atoms with Crippen molar-refractivity contribution in [3.63, 3.8) is 0 Å². The average molecular weight is 241 g/mol. The lowest BCUT2D eigenvalue weighted by Crippen LogP contribution is -2.41. The highest BCUT2D eigenvalue weighted by Gasteiger charge is 2.26. The zero-order chi connectivity index (χ0) is 12.4. The van der Waals surface area contributed by atoms with Gasteiger partial charge in [-0.25, -0.2) is 8.42 Å². The summed E-state index contributed by atoms with van der Waals surface area (Å²) in [6.07, 6.45) is 5.58. The van der Waals surface area contributed by atoms with Crippen LogP contribution in [0, 0.1) is 12.3 Å². The van der Waals surface area contributed by atoms with Crippen molar-refractivity contribution in [3.8, 4) is 12.3 Å². The molecule has 16 heavy (non-hydrogen) atoms. The molecule has 1 heterocycles. The first-order chi connectivity index (χ1) is 7.30. The van der Waals surface area contributed by atoms with Crippen LogP contribution >= 0.6 is 0 Å². The van der Waals surface area contributed by atoms with E-state index in [0.717, 1.165) is 0 Å². The maximum absolute atomic E-state index is 11.7. The highest BCUT2D eigenvalue weighted by Crippen LogP contribution is 2.15. The zero-order valence-electron chi connectivity index (χ0n) is 8.85. The number of rotatable bonds is 4. The SMILES string of the molecule is C#CC(C)(C)NS(=O)(=O)c1ccc(C=O)o1. The number of sulfonamides is 1. The van der Waals surface area contributed by atoms with Crippen molar-refractivity contribution in [2.45, 2.75) is 24.5 Å². The van der Waals surface area contributed by atoms with E-state index < -0.39 is 15.6 Å². The van der Waals surface area contributed by atoms with Crippen molar-refractivity contribution < 1.29 is 17.6 Å². The van der Waals surface area contributed by atoms with Gasteiger partial charge in [0.1, 0.15) is 0 Å². The third-order valence-corrected chi connectivity index (χ3v) is 3.26. The molecular weight excluding hydrogens is 230 g/mol. The van der Waals surface area contributed by atoms with Gasteiger partial charge in [-0.3, -0.25) is 4.79 Å². The summed E-state index contributed by atoms with van der Waals surface area (Å²) >= 11 is 0. The molecule has 0 aliphatic heterocycles. The van der Waals surface area contributed by atoms with Crippen LogP contribution < -0.4 is 4.72 Å². The standard InChI is InChI=1S/C10H11NO4S/c1-4-10(2,3)11-16(13,14)9-6-5-8(7-12)15-9/h1,5-7,11H,2-3H3. The van der Waals surface area contributed by atoms with Gasteiger partial charge in [0.2, 0.25) is 5.09 Å². The fraction of sp³-hybridized carbons (Fsp3) is 0.300. The molecule has 0 bridgehead atoms. The van der Waals surface area contributed by atoms with E-state index in [1.807, 2.05) is 0 Å². The van der Waals surface area contributed by atoms with Gasteiger partial charge in [0.25, 0.3) is 10.0 Å². The fourth-order valence-corrected chi connectivity index (χ4v) is 2.24. The van der Waals surface area contributed by atoms with Crippen molar-refractivity contribution in [2.24, 2.45) is 0 Å². The van der Waals surface area contributed by atoms with E-state index in [0.29, 0.717) is 6.29 Å². The summed E-state index contributed by atoms with van der Waals surface area (Å²) in [5, 5.41) is -0.335. The lowest BCUT2D eigenvalue weighted by atomic mass is 10.1. The summed E-state index contributed by atoms with van der Waals surface area (Å²) < 4.78 is 30.5. The van der Waals surface area contributed by atoms with E-state index in [-0.39, 0.29) is 10.9 Å². The number of terminal acetylenes is 1. The molecule has 0 radical (unpaired) electrons. The van der Waals surface area contributed by atoms with Crippen molar-refractivity contribution >= 4 is 16.3 Å². The number of hydrogen-bond acceptors (Lipinski definition) is 4. The number of carbonyl (C=O) groups is 1. The summed E-state index contributed by atoms with van der Waals surface area (Å²) in [7, 11) is -3.84. The van der Waals surface area contributed by atoms with Crippen LogP contribution in [0.3, 0.4) is 0 Å². The number of carbonyl (C=O) groups excluding carboxylic acids is 1. The van der Waals surface area contributed by atoms with Crippen LogP contribution in [-0.2, 0) is 10.0 Å². The topological polar surface area (TPSA) is 76.4 Å². The van der Waals surface area contributed by atoms with E-state index in [1.54, 1.807) is 0 Å². The predicted octanol–water partition coefficient (Wildman–Crippen LogP) is 0.782. The second-order valence-electron chi connectivity index (χ2n) is 3.65. The molecule has 1 rings (SSSR count).